The zero-order valence-electron chi connectivity index (χ0n) is 12.4. The van der Waals surface area contributed by atoms with Gasteiger partial charge in [0.1, 0.15) is 0 Å². The highest BCUT2D eigenvalue weighted by Gasteiger charge is 2.06. The molecule has 0 spiro atoms. The van der Waals surface area contributed by atoms with Gasteiger partial charge in [0, 0.05) is 24.9 Å². The maximum absolute atomic E-state index is 11.9. The Labute approximate surface area is 133 Å². The minimum Gasteiger partial charge on any atom is -0.619 e. The number of benzene rings is 1. The Balaban J connectivity index is 1.54. The van der Waals surface area contributed by atoms with Gasteiger partial charge in [-0.25, -0.2) is 4.68 Å². The molecular formula is C17H16N4O2. The second-order valence-corrected chi connectivity index (χ2v) is 5.08. The lowest BCUT2D eigenvalue weighted by Gasteiger charge is -2.04. The molecule has 0 aliphatic heterocycles. The van der Waals surface area contributed by atoms with Gasteiger partial charge in [-0.2, -0.15) is 9.83 Å². The average Bonchev–Trinajstić information content (AvgIpc) is 3.05. The molecule has 116 valence electrons. The van der Waals surface area contributed by atoms with E-state index in [2.05, 4.69) is 10.4 Å². The lowest BCUT2D eigenvalue weighted by atomic mass is 10.2. The number of rotatable bonds is 5. The third-order valence-corrected chi connectivity index (χ3v) is 3.42. The summed E-state index contributed by atoms with van der Waals surface area (Å²) >= 11 is 0. The van der Waals surface area contributed by atoms with Crippen LogP contribution in [0.3, 0.4) is 0 Å². The van der Waals surface area contributed by atoms with Crippen LogP contribution in [0.1, 0.15) is 15.9 Å². The van der Waals surface area contributed by atoms with Gasteiger partial charge in [-0.1, -0.05) is 18.2 Å². The number of carbonyl (C=O) groups is 1. The lowest BCUT2D eigenvalue weighted by molar-refractivity contribution is -0.605. The molecule has 0 fully saturated rings. The van der Waals surface area contributed by atoms with Crippen LogP contribution in [-0.4, -0.2) is 22.2 Å². The van der Waals surface area contributed by atoms with Crippen LogP contribution in [0.5, 0.6) is 0 Å². The predicted octanol–water partition coefficient (Wildman–Crippen LogP) is 1.48. The number of para-hydroxylation sites is 1. The van der Waals surface area contributed by atoms with Crippen molar-refractivity contribution in [3.8, 4) is 5.69 Å². The van der Waals surface area contributed by atoms with Crippen molar-refractivity contribution >= 4 is 5.91 Å². The fourth-order valence-corrected chi connectivity index (χ4v) is 2.20. The fourth-order valence-electron chi connectivity index (χ4n) is 2.20. The Morgan fingerprint density at radius 2 is 1.91 bits per heavy atom. The quantitative estimate of drug-likeness (QED) is 0.573. The van der Waals surface area contributed by atoms with Crippen molar-refractivity contribution in [3.05, 3.63) is 83.6 Å². The third-order valence-electron chi connectivity index (χ3n) is 3.42. The molecule has 1 amide bonds. The van der Waals surface area contributed by atoms with E-state index in [1.807, 2.05) is 36.5 Å². The smallest absolute Gasteiger partial charge is 0.251 e. The van der Waals surface area contributed by atoms with E-state index in [1.54, 1.807) is 10.9 Å². The highest BCUT2D eigenvalue weighted by atomic mass is 16.5. The summed E-state index contributed by atoms with van der Waals surface area (Å²) in [6, 6.07) is 12.8. The Morgan fingerprint density at radius 1 is 1.17 bits per heavy atom. The Morgan fingerprint density at radius 3 is 2.65 bits per heavy atom. The van der Waals surface area contributed by atoms with Crippen LogP contribution >= 0.6 is 0 Å². The van der Waals surface area contributed by atoms with E-state index in [4.69, 9.17) is 0 Å². The number of nitrogens with zero attached hydrogens (tertiary/aromatic N) is 3. The van der Waals surface area contributed by atoms with Gasteiger partial charge in [-0.3, -0.25) is 4.79 Å². The monoisotopic (exact) mass is 308 g/mol. The average molecular weight is 308 g/mol. The molecule has 0 aliphatic carbocycles. The van der Waals surface area contributed by atoms with E-state index in [0.717, 1.165) is 11.3 Å². The molecule has 1 N–H and O–H groups in total. The van der Waals surface area contributed by atoms with Crippen molar-refractivity contribution in [1.82, 2.24) is 15.1 Å². The summed E-state index contributed by atoms with van der Waals surface area (Å²) in [5.74, 6) is -0.193. The molecule has 6 nitrogen and oxygen atoms in total. The molecule has 0 saturated carbocycles. The summed E-state index contributed by atoms with van der Waals surface area (Å²) in [7, 11) is 0. The van der Waals surface area contributed by atoms with Crippen molar-refractivity contribution in [2.24, 2.45) is 0 Å². The topological polar surface area (TPSA) is 73.9 Å². The SMILES string of the molecule is O=C(NCCc1cnn(-c2ccccc2)c1)c1cc[n+]([O-])cc1. The number of hydrogen-bond donors (Lipinski definition) is 1. The molecule has 6 heteroatoms. The molecule has 1 aromatic carbocycles. The number of nitrogens with one attached hydrogen (secondary N) is 1. The van der Waals surface area contributed by atoms with Gasteiger partial charge in [-0.05, 0) is 24.1 Å². The number of hydrogen-bond acceptors (Lipinski definition) is 3. The molecule has 3 aromatic rings. The second kappa shape index (κ2) is 6.74. The standard InChI is InChI=1S/C17H16N4O2/c22-17(15-7-10-20(23)11-8-15)18-9-6-14-12-19-21(13-14)16-4-2-1-3-5-16/h1-5,7-8,10-13H,6,9H2,(H,18,22). The van der Waals surface area contributed by atoms with Crippen molar-refractivity contribution in [2.45, 2.75) is 6.42 Å². The molecule has 0 radical (unpaired) electrons. The van der Waals surface area contributed by atoms with Gasteiger partial charge >= 0.3 is 0 Å². The summed E-state index contributed by atoms with van der Waals surface area (Å²) in [5.41, 5.74) is 2.51. The normalized spacial score (nSPS) is 10.4. The van der Waals surface area contributed by atoms with E-state index in [0.29, 0.717) is 23.3 Å². The molecule has 0 saturated heterocycles. The maximum Gasteiger partial charge on any atom is 0.251 e. The van der Waals surface area contributed by atoms with Crippen LogP contribution in [0.4, 0.5) is 0 Å². The Kier molecular flexibility index (Phi) is 4.33. The summed E-state index contributed by atoms with van der Waals surface area (Å²) in [4.78, 5) is 11.9. The zero-order valence-corrected chi connectivity index (χ0v) is 12.4. The first-order valence-electron chi connectivity index (χ1n) is 7.28. The van der Waals surface area contributed by atoms with Crippen LogP contribution in [0.25, 0.3) is 5.69 Å². The zero-order chi connectivity index (χ0) is 16.1. The van der Waals surface area contributed by atoms with E-state index in [1.165, 1.54) is 24.5 Å². The lowest BCUT2D eigenvalue weighted by Crippen LogP contribution is -2.28. The Hall–Kier alpha value is -3.15. The summed E-state index contributed by atoms with van der Waals surface area (Å²) in [6.45, 7) is 0.506. The molecular weight excluding hydrogens is 292 g/mol. The fraction of sp³-hybridized carbons (Fsp3) is 0.118. The molecule has 0 aliphatic rings. The van der Waals surface area contributed by atoms with Gasteiger partial charge in [0.05, 0.1) is 17.4 Å². The third kappa shape index (κ3) is 3.74. The second-order valence-electron chi connectivity index (χ2n) is 5.08. The number of carbonyl (C=O) groups excluding carboxylic acids is 1. The van der Waals surface area contributed by atoms with Crippen molar-refractivity contribution < 1.29 is 9.52 Å². The maximum atomic E-state index is 11.9. The first kappa shape index (κ1) is 14.8. The molecule has 0 atom stereocenters. The Bertz CT molecular complexity index is 782. The first-order valence-corrected chi connectivity index (χ1v) is 7.28. The van der Waals surface area contributed by atoms with Gasteiger partial charge in [-0.15, -0.1) is 0 Å². The van der Waals surface area contributed by atoms with Gasteiger partial charge in [0.2, 0.25) is 0 Å². The summed E-state index contributed by atoms with van der Waals surface area (Å²) in [6.07, 6.45) is 7.04. The number of aromatic nitrogens is 3. The molecule has 2 heterocycles. The molecule has 3 rings (SSSR count). The van der Waals surface area contributed by atoms with Crippen molar-refractivity contribution in [2.75, 3.05) is 6.54 Å². The summed E-state index contributed by atoms with van der Waals surface area (Å²) < 4.78 is 2.45. The van der Waals surface area contributed by atoms with Crippen LogP contribution in [-0.2, 0) is 6.42 Å². The number of pyridine rings is 1. The van der Waals surface area contributed by atoms with Gasteiger partial charge in [0.15, 0.2) is 12.4 Å². The van der Waals surface area contributed by atoms with Crippen LogP contribution in [0, 0.1) is 5.21 Å². The van der Waals surface area contributed by atoms with E-state index in [-0.39, 0.29) is 5.91 Å². The van der Waals surface area contributed by atoms with E-state index < -0.39 is 0 Å². The number of amides is 1. The molecule has 0 bridgehead atoms. The predicted molar refractivity (Wildman–Crippen MR) is 85.0 cm³/mol. The van der Waals surface area contributed by atoms with Crippen LogP contribution in [0.2, 0.25) is 0 Å². The minimum absolute atomic E-state index is 0.193. The molecule has 0 unspecified atom stereocenters. The van der Waals surface area contributed by atoms with Crippen molar-refractivity contribution in [3.63, 3.8) is 0 Å². The summed E-state index contributed by atoms with van der Waals surface area (Å²) in [5, 5.41) is 18.1. The van der Waals surface area contributed by atoms with Gasteiger partial charge in [0.25, 0.3) is 5.91 Å². The molecule has 2 aromatic heterocycles. The van der Waals surface area contributed by atoms with E-state index in [9.17, 15) is 10.0 Å². The van der Waals surface area contributed by atoms with Crippen LogP contribution < -0.4 is 10.0 Å². The van der Waals surface area contributed by atoms with Crippen molar-refractivity contribution in [1.29, 1.82) is 0 Å². The highest BCUT2D eigenvalue weighted by Crippen LogP contribution is 2.07. The highest BCUT2D eigenvalue weighted by molar-refractivity contribution is 5.93. The van der Waals surface area contributed by atoms with Crippen LogP contribution in [0.15, 0.2) is 67.3 Å². The largest absolute Gasteiger partial charge is 0.619 e. The van der Waals surface area contributed by atoms with Gasteiger partial charge < -0.3 is 10.5 Å². The minimum atomic E-state index is -0.193. The first-order chi connectivity index (χ1) is 11.2. The van der Waals surface area contributed by atoms with E-state index >= 15 is 0 Å². The molecule has 23 heavy (non-hydrogen) atoms.